The molecule has 1 aromatic carbocycles. The van der Waals surface area contributed by atoms with E-state index in [1.807, 2.05) is 24.3 Å². The van der Waals surface area contributed by atoms with Crippen LogP contribution in [0.5, 0.6) is 11.5 Å². The van der Waals surface area contributed by atoms with Crippen LogP contribution in [0.3, 0.4) is 0 Å². The summed E-state index contributed by atoms with van der Waals surface area (Å²) >= 11 is 0. The standard InChI is InChI=1S/C14H10N2O2/c1-17-10-2-3-13-11(5-10)12-4-9(6-15)8-18-14(12)7-16-13/h2-5,7H,8H2,1H3. The second-order valence-electron chi connectivity index (χ2n) is 3.99. The van der Waals surface area contributed by atoms with E-state index >= 15 is 0 Å². The number of ether oxygens (including phenoxy) is 2. The van der Waals surface area contributed by atoms with Crippen LogP contribution in [0.2, 0.25) is 0 Å². The van der Waals surface area contributed by atoms with E-state index < -0.39 is 0 Å². The molecule has 88 valence electrons. The van der Waals surface area contributed by atoms with Crippen LogP contribution in [-0.2, 0) is 0 Å². The molecule has 0 saturated carbocycles. The molecule has 1 aliphatic rings. The van der Waals surface area contributed by atoms with Gasteiger partial charge < -0.3 is 9.47 Å². The molecule has 0 spiro atoms. The van der Waals surface area contributed by atoms with Crippen molar-refractivity contribution in [3.63, 3.8) is 0 Å². The number of nitrogens with zero attached hydrogens (tertiary/aromatic N) is 2. The fourth-order valence-corrected chi connectivity index (χ4v) is 2.00. The quantitative estimate of drug-likeness (QED) is 0.766. The maximum atomic E-state index is 8.95. The second kappa shape index (κ2) is 4.04. The first-order valence-electron chi connectivity index (χ1n) is 5.52. The van der Waals surface area contributed by atoms with Crippen LogP contribution in [0.25, 0.3) is 17.0 Å². The van der Waals surface area contributed by atoms with Crippen LogP contribution in [-0.4, -0.2) is 18.7 Å². The van der Waals surface area contributed by atoms with Gasteiger partial charge in [0.15, 0.2) is 0 Å². The summed E-state index contributed by atoms with van der Waals surface area (Å²) in [7, 11) is 1.62. The average molecular weight is 238 g/mol. The van der Waals surface area contributed by atoms with E-state index in [4.69, 9.17) is 14.7 Å². The first-order chi connectivity index (χ1) is 8.81. The van der Waals surface area contributed by atoms with Gasteiger partial charge in [-0.2, -0.15) is 5.26 Å². The van der Waals surface area contributed by atoms with E-state index in [-0.39, 0.29) is 0 Å². The summed E-state index contributed by atoms with van der Waals surface area (Å²) in [5.41, 5.74) is 2.35. The molecular weight excluding hydrogens is 228 g/mol. The molecule has 2 heterocycles. The van der Waals surface area contributed by atoms with Gasteiger partial charge in [0, 0.05) is 10.9 Å². The molecule has 0 bridgehead atoms. The molecule has 0 aliphatic carbocycles. The second-order valence-corrected chi connectivity index (χ2v) is 3.99. The number of hydrogen-bond acceptors (Lipinski definition) is 4. The molecule has 0 saturated heterocycles. The van der Waals surface area contributed by atoms with Crippen molar-refractivity contribution in [2.45, 2.75) is 0 Å². The van der Waals surface area contributed by atoms with Gasteiger partial charge in [-0.05, 0) is 24.3 Å². The van der Waals surface area contributed by atoms with Gasteiger partial charge in [-0.3, -0.25) is 4.98 Å². The highest BCUT2D eigenvalue weighted by Gasteiger charge is 2.15. The van der Waals surface area contributed by atoms with E-state index in [0.717, 1.165) is 22.2 Å². The lowest BCUT2D eigenvalue weighted by atomic mass is 10.0. The zero-order chi connectivity index (χ0) is 12.5. The molecule has 4 nitrogen and oxygen atoms in total. The van der Waals surface area contributed by atoms with Gasteiger partial charge in [0.1, 0.15) is 18.1 Å². The fourth-order valence-electron chi connectivity index (χ4n) is 2.00. The first kappa shape index (κ1) is 10.6. The Bertz CT molecular complexity index is 699. The molecular formula is C14H10N2O2. The van der Waals surface area contributed by atoms with Gasteiger partial charge in [0.2, 0.25) is 0 Å². The molecule has 18 heavy (non-hydrogen) atoms. The molecule has 3 rings (SSSR count). The molecule has 2 aromatic rings. The number of nitriles is 1. The summed E-state index contributed by atoms with van der Waals surface area (Å²) in [4.78, 5) is 4.33. The van der Waals surface area contributed by atoms with Crippen molar-refractivity contribution in [2.24, 2.45) is 0 Å². The third kappa shape index (κ3) is 1.57. The van der Waals surface area contributed by atoms with Crippen molar-refractivity contribution in [2.75, 3.05) is 13.7 Å². The maximum absolute atomic E-state index is 8.95. The highest BCUT2D eigenvalue weighted by molar-refractivity contribution is 5.92. The summed E-state index contributed by atoms with van der Waals surface area (Å²) < 4.78 is 10.7. The number of rotatable bonds is 1. The number of pyridine rings is 1. The van der Waals surface area contributed by atoms with Crippen molar-refractivity contribution in [1.82, 2.24) is 4.98 Å². The van der Waals surface area contributed by atoms with Crippen LogP contribution < -0.4 is 9.47 Å². The third-order valence-electron chi connectivity index (χ3n) is 2.93. The summed E-state index contributed by atoms with van der Waals surface area (Å²) in [6.45, 7) is 0.306. The number of hydrogen-bond donors (Lipinski definition) is 0. The highest BCUT2D eigenvalue weighted by atomic mass is 16.5. The van der Waals surface area contributed by atoms with Crippen molar-refractivity contribution in [1.29, 1.82) is 5.26 Å². The minimum Gasteiger partial charge on any atom is -0.497 e. The Balaban J connectivity index is 2.31. The van der Waals surface area contributed by atoms with Gasteiger partial charge in [-0.25, -0.2) is 0 Å². The normalized spacial score (nSPS) is 13.2. The SMILES string of the molecule is COc1ccc2ncc3c(c2c1)C=C(C#N)CO3. The molecule has 0 unspecified atom stereocenters. The number of fused-ring (bicyclic) bond motifs is 3. The van der Waals surface area contributed by atoms with Gasteiger partial charge in [0.05, 0.1) is 30.5 Å². The fraction of sp³-hybridized carbons (Fsp3) is 0.143. The van der Waals surface area contributed by atoms with Crippen LogP contribution in [0, 0.1) is 11.3 Å². The Kier molecular flexibility index (Phi) is 2.38. The van der Waals surface area contributed by atoms with Gasteiger partial charge in [0.25, 0.3) is 0 Å². The third-order valence-corrected chi connectivity index (χ3v) is 2.93. The molecule has 0 amide bonds. The molecule has 0 N–H and O–H groups in total. The number of aromatic nitrogens is 1. The molecule has 0 fully saturated rings. The Hall–Kier alpha value is -2.54. The monoisotopic (exact) mass is 238 g/mol. The van der Waals surface area contributed by atoms with Gasteiger partial charge >= 0.3 is 0 Å². The molecule has 1 aliphatic heterocycles. The zero-order valence-electron chi connectivity index (χ0n) is 9.80. The van der Waals surface area contributed by atoms with Crippen molar-refractivity contribution in [3.05, 3.63) is 35.5 Å². The van der Waals surface area contributed by atoms with Gasteiger partial charge in [-0.1, -0.05) is 0 Å². The lowest BCUT2D eigenvalue weighted by molar-refractivity contribution is 0.351. The minimum absolute atomic E-state index is 0.306. The van der Waals surface area contributed by atoms with Crippen molar-refractivity contribution in [3.8, 4) is 17.6 Å². The van der Waals surface area contributed by atoms with Crippen molar-refractivity contribution < 1.29 is 9.47 Å². The summed E-state index contributed by atoms with van der Waals surface area (Å²) in [5, 5.41) is 9.88. The van der Waals surface area contributed by atoms with E-state index in [1.165, 1.54) is 0 Å². The molecule has 0 radical (unpaired) electrons. The summed E-state index contributed by atoms with van der Waals surface area (Å²) in [6, 6.07) is 7.78. The van der Waals surface area contributed by atoms with Gasteiger partial charge in [-0.15, -0.1) is 0 Å². The van der Waals surface area contributed by atoms with Crippen LogP contribution in [0.1, 0.15) is 5.56 Å². The Morgan fingerprint density at radius 3 is 3.11 bits per heavy atom. The maximum Gasteiger partial charge on any atom is 0.146 e. The molecule has 0 atom stereocenters. The average Bonchev–Trinajstić information content (AvgIpc) is 2.45. The zero-order valence-corrected chi connectivity index (χ0v) is 9.80. The lowest BCUT2D eigenvalue weighted by Gasteiger charge is -2.16. The van der Waals surface area contributed by atoms with Crippen LogP contribution in [0.4, 0.5) is 0 Å². The predicted octanol–water partition coefficient (Wildman–Crippen LogP) is 2.54. The number of benzene rings is 1. The van der Waals surface area contributed by atoms with Crippen molar-refractivity contribution >= 4 is 17.0 Å². The van der Waals surface area contributed by atoms with E-state index in [1.54, 1.807) is 13.3 Å². The van der Waals surface area contributed by atoms with Crippen LogP contribution in [0.15, 0.2) is 30.0 Å². The molecule has 1 aromatic heterocycles. The first-order valence-corrected chi connectivity index (χ1v) is 5.52. The predicted molar refractivity (Wildman–Crippen MR) is 67.4 cm³/mol. The minimum atomic E-state index is 0.306. The highest BCUT2D eigenvalue weighted by Crippen LogP contribution is 2.33. The lowest BCUT2D eigenvalue weighted by Crippen LogP contribution is -2.06. The largest absolute Gasteiger partial charge is 0.497 e. The molecule has 4 heteroatoms. The Morgan fingerprint density at radius 2 is 2.33 bits per heavy atom. The van der Waals surface area contributed by atoms with E-state index in [9.17, 15) is 0 Å². The van der Waals surface area contributed by atoms with E-state index in [0.29, 0.717) is 17.9 Å². The van der Waals surface area contributed by atoms with Crippen LogP contribution >= 0.6 is 0 Å². The Morgan fingerprint density at radius 1 is 1.44 bits per heavy atom. The Labute approximate surface area is 104 Å². The summed E-state index contributed by atoms with van der Waals surface area (Å²) in [5.74, 6) is 1.46. The topological polar surface area (TPSA) is 55.1 Å². The number of methoxy groups -OCH3 is 1. The smallest absolute Gasteiger partial charge is 0.146 e. The van der Waals surface area contributed by atoms with E-state index in [2.05, 4.69) is 11.1 Å². The summed E-state index contributed by atoms with van der Waals surface area (Å²) in [6.07, 6.45) is 3.54.